The zero-order valence-electron chi connectivity index (χ0n) is 18.3. The molecule has 0 aliphatic carbocycles. The van der Waals surface area contributed by atoms with Gasteiger partial charge >= 0.3 is 0 Å². The van der Waals surface area contributed by atoms with Crippen LogP contribution in [0.4, 0.5) is 22.0 Å². The number of nitrogens with one attached hydrogen (secondary N) is 2. The van der Waals surface area contributed by atoms with E-state index in [9.17, 15) is 14.0 Å². The number of pyridine rings is 1. The fraction of sp³-hybridized carbons (Fsp3) is 0.273. The van der Waals surface area contributed by atoms with E-state index in [0.717, 1.165) is 6.42 Å². The van der Waals surface area contributed by atoms with Gasteiger partial charge in [-0.15, -0.1) is 5.10 Å². The maximum Gasteiger partial charge on any atom is 0.266 e. The maximum atomic E-state index is 13.4. The van der Waals surface area contributed by atoms with E-state index in [2.05, 4.69) is 25.6 Å². The number of carbonyl (C=O) groups excluding carboxylic acids is 2. The molecule has 4 N–H and O–H groups in total. The highest BCUT2D eigenvalue weighted by atomic mass is 19.1. The molecule has 1 aliphatic rings. The first-order valence-electron chi connectivity index (χ1n) is 10.7. The second-order valence-corrected chi connectivity index (χ2v) is 8.37. The van der Waals surface area contributed by atoms with Crippen molar-refractivity contribution in [1.29, 1.82) is 0 Å². The summed E-state index contributed by atoms with van der Waals surface area (Å²) in [5.41, 5.74) is 5.96. The number of carbonyl (C=O) groups is 2. The zero-order valence-corrected chi connectivity index (χ0v) is 18.3. The van der Waals surface area contributed by atoms with Crippen LogP contribution in [-0.4, -0.2) is 53.6 Å². The zero-order chi connectivity index (χ0) is 23.9. The first-order chi connectivity index (χ1) is 16.3. The number of aromatic amines is 1. The average Bonchev–Trinajstić information content (AvgIpc) is 3.55. The average molecular weight is 463 g/mol. The number of hydrogen-bond donors (Lipinski definition) is 3. The third-order valence-electron chi connectivity index (χ3n) is 6.11. The Morgan fingerprint density at radius 2 is 2.18 bits per heavy atom. The molecule has 1 aliphatic heterocycles. The number of nitrogens with two attached hydrogens (primary N) is 1. The highest BCUT2D eigenvalue weighted by molar-refractivity contribution is 5.93. The van der Waals surface area contributed by atoms with Crippen LogP contribution in [0.15, 0.2) is 42.7 Å². The molecule has 34 heavy (non-hydrogen) atoms. The summed E-state index contributed by atoms with van der Waals surface area (Å²) in [6.07, 6.45) is 4.72. The smallest absolute Gasteiger partial charge is 0.266 e. The molecule has 0 radical (unpaired) electrons. The number of fused-ring (bicyclic) bond motifs is 1. The van der Waals surface area contributed by atoms with Crippen LogP contribution in [0, 0.1) is 5.95 Å². The van der Waals surface area contributed by atoms with Crippen LogP contribution in [0.2, 0.25) is 0 Å². The van der Waals surface area contributed by atoms with Gasteiger partial charge in [0.15, 0.2) is 17.4 Å². The van der Waals surface area contributed by atoms with Crippen LogP contribution in [0.1, 0.15) is 35.8 Å². The summed E-state index contributed by atoms with van der Waals surface area (Å²) in [6.45, 7) is 2.48. The van der Waals surface area contributed by atoms with Gasteiger partial charge in [0.25, 0.3) is 5.91 Å². The van der Waals surface area contributed by atoms with Crippen molar-refractivity contribution in [3.63, 3.8) is 0 Å². The Kier molecular flexibility index (Phi) is 5.19. The predicted molar refractivity (Wildman–Crippen MR) is 121 cm³/mol. The van der Waals surface area contributed by atoms with E-state index < -0.39 is 17.4 Å². The van der Waals surface area contributed by atoms with Gasteiger partial charge in [-0.05, 0) is 43.5 Å². The molecule has 4 aromatic rings. The Morgan fingerprint density at radius 1 is 1.32 bits per heavy atom. The number of Topliss-reactive ketones (excluding diaryl/α,β-unsaturated/α-hetero) is 1. The van der Waals surface area contributed by atoms with Gasteiger partial charge in [-0.25, -0.2) is 9.50 Å². The molecule has 0 saturated carbocycles. The van der Waals surface area contributed by atoms with E-state index in [0.29, 0.717) is 41.6 Å². The molecule has 0 unspecified atom stereocenters. The summed E-state index contributed by atoms with van der Waals surface area (Å²) in [5, 5.41) is 14.3. The van der Waals surface area contributed by atoms with Crippen LogP contribution in [-0.2, 0) is 11.2 Å². The predicted octanol–water partition coefficient (Wildman–Crippen LogP) is 2.00. The number of ketones is 1. The third-order valence-corrected chi connectivity index (χ3v) is 6.11. The first-order valence-corrected chi connectivity index (χ1v) is 10.7. The highest BCUT2D eigenvalue weighted by Gasteiger charge is 2.44. The lowest BCUT2D eigenvalue weighted by molar-refractivity contribution is -0.122. The molecule has 12 heteroatoms. The van der Waals surface area contributed by atoms with Gasteiger partial charge in [0, 0.05) is 31.4 Å². The third kappa shape index (κ3) is 3.83. The van der Waals surface area contributed by atoms with Gasteiger partial charge in [-0.3, -0.25) is 14.7 Å². The largest absolute Gasteiger partial charge is 0.364 e. The van der Waals surface area contributed by atoms with E-state index in [4.69, 9.17) is 10.7 Å². The molecule has 1 amide bonds. The number of hydrogen-bond acceptors (Lipinski definition) is 8. The molecular formula is C22H22FN9O2. The number of H-pyrrole nitrogens is 1. The van der Waals surface area contributed by atoms with Crippen molar-refractivity contribution in [3.8, 4) is 0 Å². The summed E-state index contributed by atoms with van der Waals surface area (Å²) in [6, 6.07) is 7.97. The summed E-state index contributed by atoms with van der Waals surface area (Å²) in [4.78, 5) is 35.0. The van der Waals surface area contributed by atoms with Gasteiger partial charge in [-0.2, -0.15) is 14.5 Å². The Bertz CT molecular complexity index is 1380. The summed E-state index contributed by atoms with van der Waals surface area (Å²) in [7, 11) is 0. The number of aromatic nitrogens is 6. The molecule has 4 aromatic heterocycles. The van der Waals surface area contributed by atoms with E-state index in [-0.39, 0.29) is 17.9 Å². The molecule has 0 aromatic carbocycles. The van der Waals surface area contributed by atoms with Crippen molar-refractivity contribution in [2.75, 3.05) is 16.8 Å². The minimum atomic E-state index is -0.835. The lowest BCUT2D eigenvalue weighted by Gasteiger charge is -2.34. The molecule has 174 valence electrons. The fourth-order valence-corrected chi connectivity index (χ4v) is 4.22. The van der Waals surface area contributed by atoms with Crippen LogP contribution < -0.4 is 16.0 Å². The van der Waals surface area contributed by atoms with Crippen LogP contribution in [0.3, 0.4) is 0 Å². The SMILES string of the molecule is C[C@@]1(C(=O)Cc2ccc(F)nc2)CCCN1c1nc(Nc2cc(C(N)=O)[nH]n2)c2cccn2n1. The number of nitrogens with zero attached hydrogens (tertiary/aromatic N) is 6. The van der Waals surface area contributed by atoms with Gasteiger partial charge in [-0.1, -0.05) is 6.07 Å². The van der Waals surface area contributed by atoms with Crippen molar-refractivity contribution >= 4 is 34.8 Å². The lowest BCUT2D eigenvalue weighted by Crippen LogP contribution is -2.49. The van der Waals surface area contributed by atoms with Gasteiger partial charge in [0.2, 0.25) is 11.9 Å². The standard InChI is InChI=1S/C22H22FN9O2/c1-22(16(33)10-13-5-6-17(23)25-12-13)7-3-8-31(22)21-27-20(15-4-2-9-32(15)30-21)26-18-11-14(19(24)34)28-29-18/h2,4-6,9,11-12H,3,7-8,10H2,1H3,(H2,24,34)(H2,26,27,28,29,30)/t22-/m0/s1. The monoisotopic (exact) mass is 463 g/mol. The molecule has 1 fully saturated rings. The van der Waals surface area contributed by atoms with E-state index in [1.54, 1.807) is 16.8 Å². The van der Waals surface area contributed by atoms with Crippen LogP contribution in [0.5, 0.6) is 0 Å². The first kappa shape index (κ1) is 21.5. The second-order valence-electron chi connectivity index (χ2n) is 8.37. The molecule has 5 heterocycles. The summed E-state index contributed by atoms with van der Waals surface area (Å²) in [5.74, 6) is -0.0322. The van der Waals surface area contributed by atoms with Crippen LogP contribution in [0.25, 0.3) is 5.52 Å². The Morgan fingerprint density at radius 3 is 2.91 bits per heavy atom. The number of halogens is 1. The Hall–Kier alpha value is -4.35. The molecule has 11 nitrogen and oxygen atoms in total. The van der Waals surface area contributed by atoms with Crippen molar-refractivity contribution in [1.82, 2.24) is 29.8 Å². The molecular weight excluding hydrogens is 441 g/mol. The number of rotatable bonds is 7. The van der Waals surface area contributed by atoms with Crippen molar-refractivity contribution in [2.24, 2.45) is 5.73 Å². The van der Waals surface area contributed by atoms with Gasteiger partial charge in [0.05, 0.1) is 5.54 Å². The van der Waals surface area contributed by atoms with Gasteiger partial charge < -0.3 is 16.0 Å². The number of primary amides is 1. The second kappa shape index (κ2) is 8.21. The lowest BCUT2D eigenvalue weighted by atomic mass is 9.89. The molecule has 5 rings (SSSR count). The minimum Gasteiger partial charge on any atom is -0.364 e. The van der Waals surface area contributed by atoms with E-state index >= 15 is 0 Å². The topological polar surface area (TPSA) is 147 Å². The normalized spacial score (nSPS) is 17.9. The summed E-state index contributed by atoms with van der Waals surface area (Å²) >= 11 is 0. The minimum absolute atomic E-state index is 0.0254. The van der Waals surface area contributed by atoms with Crippen LogP contribution >= 0.6 is 0 Å². The Labute approximate surface area is 193 Å². The van der Waals surface area contributed by atoms with Crippen molar-refractivity contribution in [3.05, 3.63) is 59.9 Å². The fourth-order valence-electron chi connectivity index (χ4n) is 4.22. The quantitative estimate of drug-likeness (QED) is 0.353. The number of amides is 1. The van der Waals surface area contributed by atoms with E-state index in [1.165, 1.54) is 18.3 Å². The molecule has 1 saturated heterocycles. The number of anilines is 3. The van der Waals surface area contributed by atoms with Crippen molar-refractivity contribution < 1.29 is 14.0 Å². The molecule has 0 bridgehead atoms. The van der Waals surface area contributed by atoms with E-state index in [1.807, 2.05) is 24.0 Å². The Balaban J connectivity index is 1.47. The maximum absolute atomic E-state index is 13.4. The molecule has 0 spiro atoms. The molecule has 1 atom stereocenters. The highest BCUT2D eigenvalue weighted by Crippen LogP contribution is 2.35. The summed E-state index contributed by atoms with van der Waals surface area (Å²) < 4.78 is 14.8. The van der Waals surface area contributed by atoms with Crippen molar-refractivity contribution in [2.45, 2.75) is 31.7 Å². The van der Waals surface area contributed by atoms with Gasteiger partial charge in [0.1, 0.15) is 11.2 Å².